The first-order valence-corrected chi connectivity index (χ1v) is 7.22. The van der Waals surface area contributed by atoms with E-state index in [4.69, 9.17) is 0 Å². The SMILES string of the molecule is O=C1C[C@H](N[C@@H]2CCC[C@H](C(F)(F)F)C2)CN1CC(F)(F)F. The average Bonchev–Trinajstić information content (AvgIpc) is 2.66. The van der Waals surface area contributed by atoms with Crippen LogP contribution in [-0.2, 0) is 4.79 Å². The minimum atomic E-state index is -4.46. The van der Waals surface area contributed by atoms with Crippen LogP contribution in [0, 0.1) is 5.92 Å². The van der Waals surface area contributed by atoms with Gasteiger partial charge < -0.3 is 10.2 Å². The number of halogens is 6. The molecule has 1 saturated heterocycles. The number of carbonyl (C=O) groups is 1. The van der Waals surface area contributed by atoms with Crippen LogP contribution in [-0.4, -0.2) is 48.3 Å². The van der Waals surface area contributed by atoms with Crippen LogP contribution in [0.3, 0.4) is 0 Å². The van der Waals surface area contributed by atoms with E-state index in [-0.39, 0.29) is 25.8 Å². The quantitative estimate of drug-likeness (QED) is 0.806. The first-order chi connectivity index (χ1) is 10.0. The van der Waals surface area contributed by atoms with Crippen molar-refractivity contribution < 1.29 is 31.1 Å². The van der Waals surface area contributed by atoms with E-state index in [0.29, 0.717) is 17.7 Å². The molecule has 0 bridgehead atoms. The molecule has 0 unspecified atom stereocenters. The van der Waals surface area contributed by atoms with Crippen molar-refractivity contribution in [2.24, 2.45) is 5.92 Å². The van der Waals surface area contributed by atoms with Crippen LogP contribution < -0.4 is 5.32 Å². The lowest BCUT2D eigenvalue weighted by atomic mass is 9.85. The molecule has 9 heteroatoms. The van der Waals surface area contributed by atoms with Crippen LogP contribution >= 0.6 is 0 Å². The molecule has 0 aromatic carbocycles. The number of likely N-dealkylation sites (tertiary alicyclic amines) is 1. The van der Waals surface area contributed by atoms with Crippen molar-refractivity contribution in [3.63, 3.8) is 0 Å². The van der Waals surface area contributed by atoms with E-state index < -0.39 is 42.8 Å². The largest absolute Gasteiger partial charge is 0.406 e. The summed E-state index contributed by atoms with van der Waals surface area (Å²) < 4.78 is 75.1. The highest BCUT2D eigenvalue weighted by atomic mass is 19.4. The molecule has 1 aliphatic carbocycles. The smallest absolute Gasteiger partial charge is 0.332 e. The highest BCUT2D eigenvalue weighted by Crippen LogP contribution is 2.37. The van der Waals surface area contributed by atoms with Crippen LogP contribution in [0.15, 0.2) is 0 Å². The second kappa shape index (κ2) is 6.25. The molecule has 1 amide bonds. The summed E-state index contributed by atoms with van der Waals surface area (Å²) in [4.78, 5) is 12.2. The van der Waals surface area contributed by atoms with Gasteiger partial charge in [-0.05, 0) is 19.3 Å². The molecular formula is C13H18F6N2O. The Bertz CT molecular complexity index is 408. The highest BCUT2D eigenvalue weighted by molar-refractivity contribution is 5.79. The second-order valence-electron chi connectivity index (χ2n) is 6.06. The lowest BCUT2D eigenvalue weighted by Crippen LogP contribution is -2.45. The molecule has 22 heavy (non-hydrogen) atoms. The molecule has 0 radical (unpaired) electrons. The van der Waals surface area contributed by atoms with Gasteiger partial charge in [-0.15, -0.1) is 0 Å². The zero-order valence-electron chi connectivity index (χ0n) is 11.8. The van der Waals surface area contributed by atoms with Crippen molar-refractivity contribution in [3.05, 3.63) is 0 Å². The average molecular weight is 332 g/mol. The number of hydrogen-bond donors (Lipinski definition) is 1. The van der Waals surface area contributed by atoms with Crippen molar-refractivity contribution in [3.8, 4) is 0 Å². The van der Waals surface area contributed by atoms with E-state index in [1.54, 1.807) is 0 Å². The number of alkyl halides is 6. The number of hydrogen-bond acceptors (Lipinski definition) is 2. The Labute approximate surface area is 124 Å². The highest BCUT2D eigenvalue weighted by Gasteiger charge is 2.43. The van der Waals surface area contributed by atoms with Gasteiger partial charge in [-0.1, -0.05) is 6.42 Å². The first kappa shape index (κ1) is 17.4. The third-order valence-corrected chi connectivity index (χ3v) is 4.19. The summed E-state index contributed by atoms with van der Waals surface area (Å²) in [5.41, 5.74) is 0. The predicted octanol–water partition coefficient (Wildman–Crippen LogP) is 2.86. The molecule has 2 rings (SSSR count). The molecular weight excluding hydrogens is 314 g/mol. The van der Waals surface area contributed by atoms with Gasteiger partial charge in [0.2, 0.25) is 5.91 Å². The maximum Gasteiger partial charge on any atom is 0.406 e. The maximum absolute atomic E-state index is 12.7. The van der Waals surface area contributed by atoms with Gasteiger partial charge >= 0.3 is 12.4 Å². The first-order valence-electron chi connectivity index (χ1n) is 7.22. The number of rotatable bonds is 3. The van der Waals surface area contributed by atoms with Crippen molar-refractivity contribution in [1.29, 1.82) is 0 Å². The zero-order valence-corrected chi connectivity index (χ0v) is 11.8. The minimum Gasteiger partial charge on any atom is -0.332 e. The molecule has 1 saturated carbocycles. The molecule has 1 aliphatic heterocycles. The van der Waals surface area contributed by atoms with E-state index in [1.165, 1.54) is 0 Å². The lowest BCUT2D eigenvalue weighted by molar-refractivity contribution is -0.183. The molecule has 3 nitrogen and oxygen atoms in total. The summed E-state index contributed by atoms with van der Waals surface area (Å²) in [6.07, 6.45) is -7.81. The van der Waals surface area contributed by atoms with E-state index in [2.05, 4.69) is 5.32 Å². The lowest BCUT2D eigenvalue weighted by Gasteiger charge is -2.32. The van der Waals surface area contributed by atoms with E-state index >= 15 is 0 Å². The second-order valence-corrected chi connectivity index (χ2v) is 6.06. The summed E-state index contributed by atoms with van der Waals surface area (Å²) in [5, 5.41) is 2.94. The minimum absolute atomic E-state index is 0.0759. The normalized spacial score (nSPS) is 30.9. The predicted molar refractivity (Wildman–Crippen MR) is 66.0 cm³/mol. The van der Waals surface area contributed by atoms with E-state index in [1.807, 2.05) is 0 Å². The van der Waals surface area contributed by atoms with Gasteiger partial charge in [0.05, 0.1) is 5.92 Å². The van der Waals surface area contributed by atoms with Crippen molar-refractivity contribution >= 4 is 5.91 Å². The summed E-state index contributed by atoms with van der Waals surface area (Å²) >= 11 is 0. The summed E-state index contributed by atoms with van der Waals surface area (Å²) in [7, 11) is 0. The molecule has 1 heterocycles. The van der Waals surface area contributed by atoms with Crippen LogP contribution in [0.1, 0.15) is 32.1 Å². The molecule has 1 N–H and O–H groups in total. The standard InChI is InChI=1S/C13H18F6N2O/c14-12(15,16)7-21-6-10(5-11(21)22)20-9-3-1-2-8(4-9)13(17,18)19/h8-10,20H,1-7H2/t8-,9+,10-/m0/s1. The van der Waals surface area contributed by atoms with Crippen LogP contribution in [0.2, 0.25) is 0 Å². The van der Waals surface area contributed by atoms with Gasteiger partial charge in [-0.2, -0.15) is 26.3 Å². The van der Waals surface area contributed by atoms with E-state index in [9.17, 15) is 31.1 Å². The molecule has 0 spiro atoms. The number of amides is 1. The fraction of sp³-hybridized carbons (Fsp3) is 0.923. The Morgan fingerprint density at radius 2 is 1.77 bits per heavy atom. The molecule has 2 fully saturated rings. The Hall–Kier alpha value is -0.990. The van der Waals surface area contributed by atoms with Gasteiger partial charge in [0, 0.05) is 25.0 Å². The fourth-order valence-electron chi connectivity index (χ4n) is 3.22. The monoisotopic (exact) mass is 332 g/mol. The molecule has 2 aliphatic rings. The number of nitrogens with zero attached hydrogens (tertiary/aromatic N) is 1. The van der Waals surface area contributed by atoms with Gasteiger partial charge in [0.1, 0.15) is 6.54 Å². The summed E-state index contributed by atoms with van der Waals surface area (Å²) in [6.45, 7) is -1.41. The van der Waals surface area contributed by atoms with Crippen molar-refractivity contribution in [2.75, 3.05) is 13.1 Å². The molecule has 0 aromatic heterocycles. The van der Waals surface area contributed by atoms with Crippen molar-refractivity contribution in [2.45, 2.75) is 56.5 Å². The van der Waals surface area contributed by atoms with Crippen LogP contribution in [0.5, 0.6) is 0 Å². The van der Waals surface area contributed by atoms with Gasteiger partial charge in [0.25, 0.3) is 0 Å². The van der Waals surface area contributed by atoms with Gasteiger partial charge in [-0.3, -0.25) is 4.79 Å². The molecule has 0 aromatic rings. The topological polar surface area (TPSA) is 32.3 Å². The molecule has 3 atom stereocenters. The zero-order chi connectivity index (χ0) is 16.5. The molecule has 128 valence electrons. The number of carbonyl (C=O) groups excluding carboxylic acids is 1. The van der Waals surface area contributed by atoms with Crippen LogP contribution in [0.4, 0.5) is 26.3 Å². The van der Waals surface area contributed by atoms with Gasteiger partial charge in [0.15, 0.2) is 0 Å². The number of nitrogens with one attached hydrogen (secondary N) is 1. The summed E-state index contributed by atoms with van der Waals surface area (Å²) in [5.74, 6) is -1.99. The van der Waals surface area contributed by atoms with Crippen LogP contribution in [0.25, 0.3) is 0 Å². The maximum atomic E-state index is 12.7. The fourth-order valence-corrected chi connectivity index (χ4v) is 3.22. The van der Waals surface area contributed by atoms with Gasteiger partial charge in [-0.25, -0.2) is 0 Å². The Balaban J connectivity index is 1.85. The van der Waals surface area contributed by atoms with Crippen molar-refractivity contribution in [1.82, 2.24) is 10.2 Å². The summed E-state index contributed by atoms with van der Waals surface area (Å²) in [6, 6.07) is -0.907. The Morgan fingerprint density at radius 3 is 2.36 bits per heavy atom. The Morgan fingerprint density at radius 1 is 1.09 bits per heavy atom. The Kier molecular flexibility index (Phi) is 4.93. The third kappa shape index (κ3) is 4.76. The third-order valence-electron chi connectivity index (χ3n) is 4.19. The van der Waals surface area contributed by atoms with E-state index in [0.717, 1.165) is 0 Å².